The van der Waals surface area contributed by atoms with Crippen molar-refractivity contribution >= 4 is 57.3 Å². The highest BCUT2D eigenvalue weighted by atomic mass is 32.1. The van der Waals surface area contributed by atoms with Gasteiger partial charge in [-0.25, -0.2) is 24.3 Å². The summed E-state index contributed by atoms with van der Waals surface area (Å²) in [6.45, 7) is 3.35. The first-order valence-corrected chi connectivity index (χ1v) is 15.3. The molecule has 0 atom stereocenters. The number of aryl methyl sites for hydroxylation is 1. The van der Waals surface area contributed by atoms with E-state index >= 15 is 0 Å². The SMILES string of the molecule is COC(=O)c1cn2ncnc(N3CCC(c4nc(C(=O)Nc5nc6cc(C(=O)c7ccccc7)ccc6[nH]5)cs4)CC3)c2c1C. The summed E-state index contributed by atoms with van der Waals surface area (Å²) < 4.78 is 6.60. The number of imidazole rings is 1. The van der Waals surface area contributed by atoms with Crippen molar-refractivity contribution in [3.8, 4) is 0 Å². The Hall–Kier alpha value is -5.43. The van der Waals surface area contributed by atoms with Crippen LogP contribution in [-0.2, 0) is 4.74 Å². The van der Waals surface area contributed by atoms with Crippen LogP contribution in [0.2, 0.25) is 0 Å². The predicted molar refractivity (Wildman–Crippen MR) is 169 cm³/mol. The molecule has 0 radical (unpaired) electrons. The normalized spacial score (nSPS) is 13.8. The number of thiazole rings is 1. The van der Waals surface area contributed by atoms with Crippen molar-refractivity contribution in [2.24, 2.45) is 0 Å². The van der Waals surface area contributed by atoms with E-state index in [1.165, 1.54) is 24.8 Å². The molecule has 226 valence electrons. The Morgan fingerprint density at radius 1 is 1.04 bits per heavy atom. The summed E-state index contributed by atoms with van der Waals surface area (Å²) in [4.78, 5) is 57.1. The number of carbonyl (C=O) groups is 3. The quantitative estimate of drug-likeness (QED) is 0.185. The van der Waals surface area contributed by atoms with Crippen molar-refractivity contribution in [1.29, 1.82) is 0 Å². The first kappa shape index (κ1) is 28.3. The number of fused-ring (bicyclic) bond motifs is 2. The maximum Gasteiger partial charge on any atom is 0.339 e. The lowest BCUT2D eigenvalue weighted by Crippen LogP contribution is -2.34. The molecule has 2 N–H and O–H groups in total. The Morgan fingerprint density at radius 2 is 1.84 bits per heavy atom. The van der Waals surface area contributed by atoms with Gasteiger partial charge in [-0.05, 0) is 43.5 Å². The minimum atomic E-state index is -0.406. The number of hydrogen-bond acceptors (Lipinski definition) is 10. The average molecular weight is 621 g/mol. The highest BCUT2D eigenvalue weighted by Crippen LogP contribution is 2.34. The van der Waals surface area contributed by atoms with Gasteiger partial charge in [0.05, 0.1) is 28.7 Å². The van der Waals surface area contributed by atoms with E-state index in [0.717, 1.165) is 47.8 Å². The number of methoxy groups -OCH3 is 1. The zero-order valence-electron chi connectivity index (χ0n) is 24.5. The lowest BCUT2D eigenvalue weighted by atomic mass is 9.97. The van der Waals surface area contributed by atoms with Crippen LogP contribution < -0.4 is 10.2 Å². The number of ketones is 1. The van der Waals surface area contributed by atoms with Crippen LogP contribution in [0.25, 0.3) is 16.6 Å². The van der Waals surface area contributed by atoms with E-state index in [1.807, 2.05) is 25.1 Å². The number of nitrogens with zero attached hydrogens (tertiary/aromatic N) is 6. The van der Waals surface area contributed by atoms with Crippen molar-refractivity contribution in [2.75, 3.05) is 30.4 Å². The average Bonchev–Trinajstić information content (AvgIpc) is 3.81. The third-order valence-electron chi connectivity index (χ3n) is 8.12. The first-order chi connectivity index (χ1) is 21.9. The number of carbonyl (C=O) groups excluding carboxylic acids is 3. The Morgan fingerprint density at radius 3 is 2.62 bits per heavy atom. The maximum absolute atomic E-state index is 13.1. The van der Waals surface area contributed by atoms with Gasteiger partial charge in [0, 0.05) is 41.7 Å². The molecule has 0 unspecified atom stereocenters. The number of piperidine rings is 1. The van der Waals surface area contributed by atoms with E-state index in [1.54, 1.807) is 46.4 Å². The predicted octanol–water partition coefficient (Wildman–Crippen LogP) is 5.02. The zero-order valence-corrected chi connectivity index (χ0v) is 25.3. The monoisotopic (exact) mass is 620 g/mol. The number of aromatic amines is 1. The zero-order chi connectivity index (χ0) is 31.1. The minimum Gasteiger partial charge on any atom is -0.465 e. The van der Waals surface area contributed by atoms with E-state index in [4.69, 9.17) is 4.74 Å². The molecule has 7 rings (SSSR count). The molecular formula is C32H28N8O4S. The van der Waals surface area contributed by atoms with Crippen LogP contribution >= 0.6 is 11.3 Å². The fourth-order valence-electron chi connectivity index (χ4n) is 5.74. The largest absolute Gasteiger partial charge is 0.465 e. The fraction of sp³-hybridized carbons (Fsp3) is 0.219. The van der Waals surface area contributed by atoms with Gasteiger partial charge in [0.15, 0.2) is 11.6 Å². The Labute approximate surface area is 261 Å². The van der Waals surface area contributed by atoms with E-state index in [-0.39, 0.29) is 23.6 Å². The topological polar surface area (TPSA) is 147 Å². The Kier molecular flexibility index (Phi) is 7.29. The number of rotatable bonds is 7. The van der Waals surface area contributed by atoms with E-state index in [9.17, 15) is 14.4 Å². The number of hydrogen-bond donors (Lipinski definition) is 2. The summed E-state index contributed by atoms with van der Waals surface area (Å²) in [5.41, 5.74) is 4.77. The van der Waals surface area contributed by atoms with Gasteiger partial charge in [0.1, 0.15) is 17.5 Å². The Bertz CT molecular complexity index is 2080. The van der Waals surface area contributed by atoms with Gasteiger partial charge in [-0.1, -0.05) is 30.3 Å². The van der Waals surface area contributed by atoms with Gasteiger partial charge in [-0.3, -0.25) is 14.9 Å². The highest BCUT2D eigenvalue weighted by Gasteiger charge is 2.28. The summed E-state index contributed by atoms with van der Waals surface area (Å²) in [6, 6.07) is 14.3. The van der Waals surface area contributed by atoms with Crippen LogP contribution in [0.3, 0.4) is 0 Å². The third-order valence-corrected chi connectivity index (χ3v) is 9.13. The number of nitrogens with one attached hydrogen (secondary N) is 2. The van der Waals surface area contributed by atoms with Crippen molar-refractivity contribution < 1.29 is 19.1 Å². The van der Waals surface area contributed by atoms with Crippen molar-refractivity contribution in [2.45, 2.75) is 25.7 Å². The number of anilines is 2. The van der Waals surface area contributed by atoms with Crippen LogP contribution in [0.5, 0.6) is 0 Å². The second-order valence-corrected chi connectivity index (χ2v) is 11.7. The smallest absolute Gasteiger partial charge is 0.339 e. The molecule has 12 nitrogen and oxygen atoms in total. The second kappa shape index (κ2) is 11.6. The number of esters is 1. The van der Waals surface area contributed by atoms with Crippen LogP contribution in [0.15, 0.2) is 66.4 Å². The van der Waals surface area contributed by atoms with Crippen molar-refractivity contribution in [3.05, 3.63) is 99.4 Å². The number of H-pyrrole nitrogens is 1. The molecule has 1 saturated heterocycles. The molecule has 0 bridgehead atoms. The van der Waals surface area contributed by atoms with E-state index in [2.05, 4.69) is 35.3 Å². The molecule has 13 heteroatoms. The molecule has 0 saturated carbocycles. The number of amides is 1. The lowest BCUT2D eigenvalue weighted by Gasteiger charge is -2.32. The molecule has 0 spiro atoms. The van der Waals surface area contributed by atoms with Gasteiger partial charge < -0.3 is 14.6 Å². The van der Waals surface area contributed by atoms with Gasteiger partial charge in [-0.15, -0.1) is 11.3 Å². The Balaban J connectivity index is 1.01. The molecule has 1 aliphatic heterocycles. The van der Waals surface area contributed by atoms with Gasteiger partial charge in [0.25, 0.3) is 5.91 Å². The number of ether oxygens (including phenoxy) is 1. The standard InChI is InChI=1S/C32H28N8O4S/c1-18-22(31(43)44-2)15-40-26(18)28(33-17-34-40)39-12-10-20(11-13-39)30-35-25(16-45-30)29(42)38-32-36-23-9-8-21(14-24(23)37-32)27(41)19-6-4-3-5-7-19/h3-9,14-17,20H,10-13H2,1-2H3,(H2,36,37,38,42). The van der Waals surface area contributed by atoms with Crippen LogP contribution in [0, 0.1) is 6.92 Å². The molecule has 45 heavy (non-hydrogen) atoms. The molecule has 2 aromatic carbocycles. The molecule has 4 aromatic heterocycles. The van der Waals surface area contributed by atoms with Gasteiger partial charge in [-0.2, -0.15) is 5.10 Å². The van der Waals surface area contributed by atoms with Crippen LogP contribution in [-0.4, -0.2) is 67.4 Å². The summed E-state index contributed by atoms with van der Waals surface area (Å²) in [7, 11) is 1.36. The first-order valence-electron chi connectivity index (χ1n) is 14.4. The summed E-state index contributed by atoms with van der Waals surface area (Å²) in [5.74, 6) is 0.409. The van der Waals surface area contributed by atoms with Gasteiger partial charge in [0.2, 0.25) is 5.95 Å². The molecule has 1 fully saturated rings. The van der Waals surface area contributed by atoms with Crippen LogP contribution in [0.1, 0.15) is 66.1 Å². The second-order valence-electron chi connectivity index (χ2n) is 10.8. The van der Waals surface area contributed by atoms with Gasteiger partial charge >= 0.3 is 5.97 Å². The maximum atomic E-state index is 13.1. The molecule has 6 aromatic rings. The highest BCUT2D eigenvalue weighted by molar-refractivity contribution is 7.10. The lowest BCUT2D eigenvalue weighted by molar-refractivity contribution is 0.0599. The molecule has 0 aliphatic carbocycles. The fourth-order valence-corrected chi connectivity index (χ4v) is 6.71. The summed E-state index contributed by atoms with van der Waals surface area (Å²) in [6.07, 6.45) is 4.84. The van der Waals surface area contributed by atoms with E-state index in [0.29, 0.717) is 33.4 Å². The molecular weight excluding hydrogens is 592 g/mol. The molecule has 1 aliphatic rings. The third kappa shape index (κ3) is 5.31. The minimum absolute atomic E-state index is 0.0927. The summed E-state index contributed by atoms with van der Waals surface area (Å²) in [5, 5.41) is 9.77. The van der Waals surface area contributed by atoms with E-state index < -0.39 is 5.97 Å². The number of benzene rings is 2. The summed E-state index contributed by atoms with van der Waals surface area (Å²) >= 11 is 1.47. The molecule has 1 amide bonds. The van der Waals surface area contributed by atoms with Crippen LogP contribution in [0.4, 0.5) is 11.8 Å². The van der Waals surface area contributed by atoms with Crippen molar-refractivity contribution in [1.82, 2.24) is 29.5 Å². The van der Waals surface area contributed by atoms with Crippen molar-refractivity contribution in [3.63, 3.8) is 0 Å². The molecule has 5 heterocycles. The number of aromatic nitrogens is 6.